The second-order valence-corrected chi connectivity index (χ2v) is 17.7. The van der Waals surface area contributed by atoms with Crippen LogP contribution in [-0.2, 0) is 14.2 Å². The minimum atomic E-state index is -2.25. The Labute approximate surface area is 266 Å². The molecule has 1 unspecified atom stereocenters. The fourth-order valence-electron chi connectivity index (χ4n) is 6.43. The first kappa shape index (κ1) is 33.7. The van der Waals surface area contributed by atoms with Crippen molar-refractivity contribution in [3.8, 4) is 0 Å². The molecule has 0 heterocycles. The molecule has 0 aliphatic carbocycles. The van der Waals surface area contributed by atoms with Gasteiger partial charge in [-0.3, -0.25) is 4.79 Å². The maximum Gasteiger partial charge on any atom is 0.647 e. The van der Waals surface area contributed by atoms with E-state index in [4.69, 9.17) is 8.75 Å². The molecule has 4 aromatic rings. The van der Waals surface area contributed by atoms with Gasteiger partial charge in [0.1, 0.15) is 0 Å². The van der Waals surface area contributed by atoms with E-state index >= 15 is 0 Å². The molecule has 0 bridgehead atoms. The topological polar surface area (TPSA) is 55.8 Å². The zero-order valence-corrected chi connectivity index (χ0v) is 28.0. The second kappa shape index (κ2) is 13.9. The van der Waals surface area contributed by atoms with Crippen molar-refractivity contribution in [2.24, 2.45) is 0 Å². The monoisotopic (exact) mass is 610 g/mol. The number of rotatable bonds is 12. The Morgan fingerprint density at radius 3 is 1.41 bits per heavy atom. The standard InChI is InChI=1S/C38H47BO4S/c1-30(28-38(32-22-14-9-15-23-32,33-24-16-10-17-25-33)34-26-18-11-19-27-34)42-39(41)43-44(36(2,3)4,37(5,6)7)29-35(40)31-20-12-8-13-21-31/h8-27,30,41H,28-29H2,1-7H3. The van der Waals surface area contributed by atoms with Gasteiger partial charge in [-0.2, -0.15) is 0 Å². The van der Waals surface area contributed by atoms with E-state index in [0.29, 0.717) is 12.0 Å². The fourth-order valence-corrected chi connectivity index (χ4v) is 10.6. The second-order valence-electron chi connectivity index (χ2n) is 13.4. The van der Waals surface area contributed by atoms with Crippen LogP contribution in [0.4, 0.5) is 0 Å². The molecule has 6 heteroatoms. The number of hydrogen-bond acceptors (Lipinski definition) is 4. The lowest BCUT2D eigenvalue weighted by atomic mass is 9.66. The Hall–Kier alpha value is -3.16. The van der Waals surface area contributed by atoms with Gasteiger partial charge in [0.15, 0.2) is 5.78 Å². The quantitative estimate of drug-likeness (QED) is 0.0988. The maximum atomic E-state index is 13.6. The van der Waals surface area contributed by atoms with Gasteiger partial charge in [-0.25, -0.2) is 0 Å². The van der Waals surface area contributed by atoms with Crippen LogP contribution in [0, 0.1) is 0 Å². The van der Waals surface area contributed by atoms with Crippen LogP contribution in [0.15, 0.2) is 121 Å². The predicted octanol–water partition coefficient (Wildman–Crippen LogP) is 9.01. The van der Waals surface area contributed by atoms with Gasteiger partial charge in [0.05, 0.1) is 5.75 Å². The molecule has 1 atom stereocenters. The molecule has 4 rings (SSSR count). The van der Waals surface area contributed by atoms with Crippen LogP contribution in [-0.4, -0.2) is 39.5 Å². The normalized spacial score (nSPS) is 13.7. The molecule has 4 aromatic carbocycles. The summed E-state index contributed by atoms with van der Waals surface area (Å²) in [5.41, 5.74) is 3.52. The fraction of sp³-hybridized carbons (Fsp3) is 0.342. The molecule has 232 valence electrons. The average Bonchev–Trinajstić information content (AvgIpc) is 3.00. The van der Waals surface area contributed by atoms with E-state index in [1.165, 1.54) is 0 Å². The molecule has 44 heavy (non-hydrogen) atoms. The summed E-state index contributed by atoms with van der Waals surface area (Å²) in [6, 6.07) is 40.7. The summed E-state index contributed by atoms with van der Waals surface area (Å²) in [5.74, 6) is 0.183. The molecular weight excluding hydrogens is 563 g/mol. The van der Waals surface area contributed by atoms with E-state index in [1.54, 1.807) is 0 Å². The summed E-state index contributed by atoms with van der Waals surface area (Å²) in [6.45, 7) is 14.5. The number of ketones is 1. The molecule has 0 saturated carbocycles. The Morgan fingerprint density at radius 1 is 0.682 bits per heavy atom. The van der Waals surface area contributed by atoms with E-state index in [9.17, 15) is 9.82 Å². The third kappa shape index (κ3) is 7.21. The van der Waals surface area contributed by atoms with Crippen molar-refractivity contribution < 1.29 is 18.6 Å². The highest BCUT2D eigenvalue weighted by molar-refractivity contribution is 8.32. The molecule has 1 N–H and O–H groups in total. The summed E-state index contributed by atoms with van der Waals surface area (Å²) in [7, 11) is -3.76. The zero-order valence-electron chi connectivity index (χ0n) is 27.2. The molecule has 0 aliphatic heterocycles. The summed E-state index contributed by atoms with van der Waals surface area (Å²) < 4.78 is 12.2. The minimum Gasteiger partial charge on any atom is -0.401 e. The SMILES string of the molecule is CC(CC(c1ccccc1)(c1ccccc1)c1ccccc1)OB(O)OS(CC(=O)c1ccccc1)(C(C)(C)C)C(C)(C)C. The largest absolute Gasteiger partial charge is 0.647 e. The van der Waals surface area contributed by atoms with Gasteiger partial charge in [0, 0.05) is 26.6 Å². The van der Waals surface area contributed by atoms with Crippen LogP contribution in [0.2, 0.25) is 0 Å². The van der Waals surface area contributed by atoms with Crippen molar-refractivity contribution >= 4 is 23.4 Å². The number of hydrogen-bond donors (Lipinski definition) is 1. The molecule has 0 spiro atoms. The Bertz CT molecular complexity index is 1360. The molecule has 0 amide bonds. The van der Waals surface area contributed by atoms with Crippen molar-refractivity contribution in [3.63, 3.8) is 0 Å². The molecule has 4 nitrogen and oxygen atoms in total. The van der Waals surface area contributed by atoms with E-state index in [-0.39, 0.29) is 11.5 Å². The van der Waals surface area contributed by atoms with Crippen LogP contribution in [0.1, 0.15) is 81.9 Å². The van der Waals surface area contributed by atoms with Crippen LogP contribution in [0.25, 0.3) is 0 Å². The first-order valence-electron chi connectivity index (χ1n) is 15.4. The van der Waals surface area contributed by atoms with E-state index in [1.807, 2.05) is 55.5 Å². The van der Waals surface area contributed by atoms with E-state index < -0.39 is 38.6 Å². The third-order valence-electron chi connectivity index (χ3n) is 8.40. The van der Waals surface area contributed by atoms with Gasteiger partial charge in [0.25, 0.3) is 0 Å². The summed E-state index contributed by atoms with van der Waals surface area (Å²) in [5, 5.41) is 11.5. The van der Waals surface area contributed by atoms with Gasteiger partial charge < -0.3 is 13.8 Å². The smallest absolute Gasteiger partial charge is 0.401 e. The lowest BCUT2D eigenvalue weighted by Crippen LogP contribution is -2.47. The summed E-state index contributed by atoms with van der Waals surface area (Å²) in [4.78, 5) is 13.6. The van der Waals surface area contributed by atoms with Crippen LogP contribution >= 0.6 is 10.3 Å². The minimum absolute atomic E-state index is 0.00180. The molecule has 0 fully saturated rings. The van der Waals surface area contributed by atoms with Crippen molar-refractivity contribution in [2.75, 3.05) is 5.75 Å². The maximum absolute atomic E-state index is 13.6. The molecule has 0 radical (unpaired) electrons. The van der Waals surface area contributed by atoms with Gasteiger partial charge in [-0.15, -0.1) is 10.3 Å². The van der Waals surface area contributed by atoms with Crippen LogP contribution in [0.3, 0.4) is 0 Å². The first-order chi connectivity index (χ1) is 20.8. The molecule has 0 saturated heterocycles. The van der Waals surface area contributed by atoms with Gasteiger partial charge in [-0.1, -0.05) is 163 Å². The Morgan fingerprint density at radius 2 is 1.05 bits per heavy atom. The average molecular weight is 611 g/mol. The highest BCUT2D eigenvalue weighted by Crippen LogP contribution is 2.68. The number of Topliss-reactive ketones (excluding diaryl/α,β-unsaturated/α-hetero) is 1. The molecular formula is C38H47BO4S. The number of benzene rings is 4. The van der Waals surface area contributed by atoms with Gasteiger partial charge in [-0.05, 0) is 30.0 Å². The molecule has 0 aromatic heterocycles. The van der Waals surface area contributed by atoms with E-state index in [2.05, 4.69) is 114 Å². The Kier molecular flexibility index (Phi) is 10.6. The molecule has 0 aliphatic rings. The van der Waals surface area contributed by atoms with Crippen molar-refractivity contribution in [3.05, 3.63) is 144 Å². The van der Waals surface area contributed by atoms with Crippen molar-refractivity contribution in [1.82, 2.24) is 0 Å². The predicted molar refractivity (Wildman–Crippen MR) is 186 cm³/mol. The third-order valence-corrected chi connectivity index (χ3v) is 13.5. The zero-order chi connectivity index (χ0) is 32.0. The Balaban J connectivity index is 1.69. The van der Waals surface area contributed by atoms with Crippen LogP contribution < -0.4 is 0 Å². The van der Waals surface area contributed by atoms with Crippen molar-refractivity contribution in [2.45, 2.75) is 75.9 Å². The number of carbonyl (C=O) groups is 1. The first-order valence-corrected chi connectivity index (χ1v) is 17.1. The summed E-state index contributed by atoms with van der Waals surface area (Å²) in [6.07, 6.45) is 0.148. The summed E-state index contributed by atoms with van der Waals surface area (Å²) >= 11 is 0. The lowest BCUT2D eigenvalue weighted by Gasteiger charge is -2.58. The van der Waals surface area contributed by atoms with Gasteiger partial charge in [0.2, 0.25) is 0 Å². The lowest BCUT2D eigenvalue weighted by molar-refractivity contribution is 0.101. The van der Waals surface area contributed by atoms with Gasteiger partial charge >= 0.3 is 7.32 Å². The van der Waals surface area contributed by atoms with Crippen molar-refractivity contribution in [1.29, 1.82) is 0 Å². The van der Waals surface area contributed by atoms with Crippen LogP contribution in [0.5, 0.6) is 0 Å². The highest BCUT2D eigenvalue weighted by atomic mass is 32.3. The highest BCUT2D eigenvalue weighted by Gasteiger charge is 2.51. The number of carbonyl (C=O) groups excluding carboxylic acids is 1. The van der Waals surface area contributed by atoms with E-state index in [0.717, 1.165) is 16.7 Å².